The summed E-state index contributed by atoms with van der Waals surface area (Å²) in [5.74, 6) is 0.360. The van der Waals surface area contributed by atoms with Crippen LogP contribution in [0.2, 0.25) is 0 Å². The van der Waals surface area contributed by atoms with E-state index in [0.29, 0.717) is 5.56 Å². The maximum atomic E-state index is 11.6. The lowest BCUT2D eigenvalue weighted by Gasteiger charge is -2.13. The first-order valence-electron chi connectivity index (χ1n) is 5.16. The molecule has 0 aromatic carbocycles. The second-order valence-corrected chi connectivity index (χ2v) is 3.88. The van der Waals surface area contributed by atoms with E-state index in [1.165, 1.54) is 6.20 Å². The predicted octanol–water partition coefficient (Wildman–Crippen LogP) is -0.342. The molecule has 90 valence electrons. The number of nitrogens with one attached hydrogen (secondary N) is 2. The fourth-order valence-corrected chi connectivity index (χ4v) is 1.23. The number of aromatic nitrogens is 2. The van der Waals surface area contributed by atoms with Gasteiger partial charge in [0.2, 0.25) is 5.95 Å². The third-order valence-electron chi connectivity index (χ3n) is 2.23. The van der Waals surface area contributed by atoms with Gasteiger partial charge in [-0.2, -0.15) is 0 Å². The quantitative estimate of drug-likeness (QED) is 0.551. The standard InChI is InChI=1S/C10H17N3O3/c1-6(2)8-3-11-10(13-9(8)16)12-7(4-14)5-15/h3,6-7,14-15H,4-5H2,1-2H3,(H2,11,12,13,16). The summed E-state index contributed by atoms with van der Waals surface area (Å²) in [6.45, 7) is 3.35. The van der Waals surface area contributed by atoms with Crippen molar-refractivity contribution in [1.82, 2.24) is 9.97 Å². The van der Waals surface area contributed by atoms with Crippen LogP contribution in [0.1, 0.15) is 25.3 Å². The molecule has 0 unspecified atom stereocenters. The van der Waals surface area contributed by atoms with Crippen LogP contribution >= 0.6 is 0 Å². The lowest BCUT2D eigenvalue weighted by Crippen LogP contribution is -2.30. The Bertz CT molecular complexity index is 385. The predicted molar refractivity (Wildman–Crippen MR) is 60.5 cm³/mol. The summed E-state index contributed by atoms with van der Waals surface area (Å²) in [4.78, 5) is 18.1. The van der Waals surface area contributed by atoms with E-state index >= 15 is 0 Å². The number of nitrogens with zero attached hydrogens (tertiary/aromatic N) is 1. The van der Waals surface area contributed by atoms with Crippen molar-refractivity contribution in [2.24, 2.45) is 0 Å². The van der Waals surface area contributed by atoms with Crippen LogP contribution in [0.4, 0.5) is 5.95 Å². The van der Waals surface area contributed by atoms with E-state index in [0.717, 1.165) is 0 Å². The molecule has 1 heterocycles. The molecule has 0 saturated carbocycles. The van der Waals surface area contributed by atoms with Gasteiger partial charge in [-0.15, -0.1) is 0 Å². The molecule has 0 aliphatic carbocycles. The van der Waals surface area contributed by atoms with Crippen molar-refractivity contribution in [3.05, 3.63) is 22.1 Å². The molecular formula is C10H17N3O3. The number of anilines is 1. The minimum absolute atomic E-state index is 0.108. The summed E-state index contributed by atoms with van der Waals surface area (Å²) in [6, 6.07) is -0.520. The Kier molecular flexibility index (Phi) is 4.45. The minimum atomic E-state index is -0.520. The normalized spacial score (nSPS) is 11.1. The largest absolute Gasteiger partial charge is 0.394 e. The molecule has 0 saturated heterocycles. The highest BCUT2D eigenvalue weighted by Gasteiger charge is 2.09. The lowest BCUT2D eigenvalue weighted by atomic mass is 10.1. The highest BCUT2D eigenvalue weighted by Crippen LogP contribution is 2.08. The second-order valence-electron chi connectivity index (χ2n) is 3.88. The van der Waals surface area contributed by atoms with Gasteiger partial charge in [0, 0.05) is 11.8 Å². The van der Waals surface area contributed by atoms with Crippen LogP contribution in [0.25, 0.3) is 0 Å². The van der Waals surface area contributed by atoms with Crippen LogP contribution < -0.4 is 10.9 Å². The fraction of sp³-hybridized carbons (Fsp3) is 0.600. The van der Waals surface area contributed by atoms with Crippen LogP contribution in [0.5, 0.6) is 0 Å². The Morgan fingerprint density at radius 3 is 2.50 bits per heavy atom. The molecule has 0 bridgehead atoms. The molecule has 0 aliphatic rings. The molecule has 6 nitrogen and oxygen atoms in total. The van der Waals surface area contributed by atoms with Crippen molar-refractivity contribution in [2.75, 3.05) is 18.5 Å². The molecule has 0 aliphatic heterocycles. The molecule has 1 aromatic heterocycles. The average molecular weight is 227 g/mol. The smallest absolute Gasteiger partial charge is 0.255 e. The number of aliphatic hydroxyl groups excluding tert-OH is 2. The molecule has 0 atom stereocenters. The maximum Gasteiger partial charge on any atom is 0.255 e. The number of aromatic amines is 1. The zero-order chi connectivity index (χ0) is 12.1. The number of hydrogen-bond acceptors (Lipinski definition) is 5. The Morgan fingerprint density at radius 2 is 2.06 bits per heavy atom. The Hall–Kier alpha value is -1.40. The van der Waals surface area contributed by atoms with Crippen LogP contribution in [0, 0.1) is 0 Å². The van der Waals surface area contributed by atoms with Crippen LogP contribution in [0.15, 0.2) is 11.0 Å². The van der Waals surface area contributed by atoms with E-state index in [9.17, 15) is 4.79 Å². The highest BCUT2D eigenvalue weighted by atomic mass is 16.3. The van der Waals surface area contributed by atoms with Crippen molar-refractivity contribution in [1.29, 1.82) is 0 Å². The van der Waals surface area contributed by atoms with Gasteiger partial charge in [0.05, 0.1) is 19.3 Å². The van der Waals surface area contributed by atoms with Crippen molar-refractivity contribution in [3.63, 3.8) is 0 Å². The van der Waals surface area contributed by atoms with Gasteiger partial charge in [0.25, 0.3) is 5.56 Å². The minimum Gasteiger partial charge on any atom is -0.394 e. The first-order chi connectivity index (χ1) is 7.58. The fourth-order valence-electron chi connectivity index (χ4n) is 1.23. The van der Waals surface area contributed by atoms with Crippen molar-refractivity contribution in [3.8, 4) is 0 Å². The summed E-state index contributed by atoms with van der Waals surface area (Å²) in [6.07, 6.45) is 1.50. The van der Waals surface area contributed by atoms with Gasteiger partial charge >= 0.3 is 0 Å². The molecular weight excluding hydrogens is 210 g/mol. The highest BCUT2D eigenvalue weighted by molar-refractivity contribution is 5.27. The Balaban J connectivity index is 2.85. The molecule has 0 spiro atoms. The van der Waals surface area contributed by atoms with E-state index in [2.05, 4.69) is 15.3 Å². The van der Waals surface area contributed by atoms with E-state index in [4.69, 9.17) is 10.2 Å². The number of rotatable bonds is 5. The summed E-state index contributed by atoms with van der Waals surface area (Å²) in [5.41, 5.74) is 0.400. The van der Waals surface area contributed by atoms with Gasteiger partial charge in [-0.25, -0.2) is 4.98 Å². The zero-order valence-electron chi connectivity index (χ0n) is 9.40. The Labute approximate surface area is 93.4 Å². The molecule has 1 rings (SSSR count). The number of aliphatic hydroxyl groups is 2. The van der Waals surface area contributed by atoms with Crippen LogP contribution in [-0.2, 0) is 0 Å². The number of H-pyrrole nitrogens is 1. The maximum absolute atomic E-state index is 11.6. The van der Waals surface area contributed by atoms with Crippen molar-refractivity contribution in [2.45, 2.75) is 25.8 Å². The van der Waals surface area contributed by atoms with Gasteiger partial charge in [-0.3, -0.25) is 9.78 Å². The molecule has 1 aromatic rings. The van der Waals surface area contributed by atoms with Crippen LogP contribution in [0.3, 0.4) is 0 Å². The lowest BCUT2D eigenvalue weighted by molar-refractivity contribution is 0.203. The third kappa shape index (κ3) is 3.04. The summed E-state index contributed by atoms with van der Waals surface area (Å²) in [5, 5.41) is 20.4. The first-order valence-corrected chi connectivity index (χ1v) is 5.16. The monoisotopic (exact) mass is 227 g/mol. The topological polar surface area (TPSA) is 98.2 Å². The van der Waals surface area contributed by atoms with Gasteiger partial charge in [0.1, 0.15) is 0 Å². The molecule has 0 radical (unpaired) electrons. The zero-order valence-corrected chi connectivity index (χ0v) is 9.40. The molecule has 0 fully saturated rings. The van der Waals surface area contributed by atoms with E-state index in [1.807, 2.05) is 13.8 Å². The van der Waals surface area contributed by atoms with Gasteiger partial charge in [-0.05, 0) is 5.92 Å². The molecule has 16 heavy (non-hydrogen) atoms. The molecule has 6 heteroatoms. The first kappa shape index (κ1) is 12.7. The van der Waals surface area contributed by atoms with E-state index < -0.39 is 6.04 Å². The van der Waals surface area contributed by atoms with Gasteiger partial charge in [0.15, 0.2) is 0 Å². The second kappa shape index (κ2) is 5.62. The van der Waals surface area contributed by atoms with Crippen molar-refractivity contribution >= 4 is 5.95 Å². The van der Waals surface area contributed by atoms with E-state index in [1.54, 1.807) is 0 Å². The van der Waals surface area contributed by atoms with E-state index in [-0.39, 0.29) is 30.6 Å². The third-order valence-corrected chi connectivity index (χ3v) is 2.23. The molecule has 0 amide bonds. The Morgan fingerprint density at radius 1 is 1.44 bits per heavy atom. The average Bonchev–Trinajstić information content (AvgIpc) is 2.25. The SMILES string of the molecule is CC(C)c1cnc(NC(CO)CO)[nH]c1=O. The van der Waals surface area contributed by atoms with Gasteiger partial charge in [-0.1, -0.05) is 13.8 Å². The molecule has 4 N–H and O–H groups in total. The van der Waals surface area contributed by atoms with Crippen molar-refractivity contribution < 1.29 is 10.2 Å². The summed E-state index contributed by atoms with van der Waals surface area (Å²) in [7, 11) is 0. The number of hydrogen-bond donors (Lipinski definition) is 4. The summed E-state index contributed by atoms with van der Waals surface area (Å²) >= 11 is 0. The van der Waals surface area contributed by atoms with Crippen LogP contribution in [-0.4, -0.2) is 39.4 Å². The van der Waals surface area contributed by atoms with Gasteiger partial charge < -0.3 is 15.5 Å². The summed E-state index contributed by atoms with van der Waals surface area (Å²) < 4.78 is 0.